The molecule has 0 aromatic heterocycles. The molecule has 0 unspecified atom stereocenters. The number of aromatic hydroxyl groups is 1. The second-order valence-corrected chi connectivity index (χ2v) is 3.76. The molecule has 0 bridgehead atoms. The lowest BCUT2D eigenvalue weighted by molar-refractivity contribution is 0.475. The number of phenolic OH excluding ortho intramolecular Hbond substituents is 1. The van der Waals surface area contributed by atoms with E-state index in [0.29, 0.717) is 5.75 Å². The molecule has 0 fully saturated rings. The number of hydrogen-bond acceptors (Lipinski definition) is 3. The molecule has 1 aromatic carbocycles. The van der Waals surface area contributed by atoms with Gasteiger partial charge in [0.15, 0.2) is 11.1 Å². The van der Waals surface area contributed by atoms with Crippen LogP contribution in [0.15, 0.2) is 29.3 Å². The molecule has 0 heterocycles. The van der Waals surface area contributed by atoms with Crippen molar-refractivity contribution in [2.75, 3.05) is 0 Å². The minimum atomic E-state index is -0.113. The van der Waals surface area contributed by atoms with Gasteiger partial charge in [-0.25, -0.2) is 0 Å². The van der Waals surface area contributed by atoms with Crippen LogP contribution in [-0.2, 0) is 5.75 Å². The Hall–Kier alpha value is -1.69. The summed E-state index contributed by atoms with van der Waals surface area (Å²) in [4.78, 5) is 3.58. The van der Waals surface area contributed by atoms with Crippen LogP contribution in [0.1, 0.15) is 5.56 Å². The summed E-state index contributed by atoms with van der Waals surface area (Å²) in [6.45, 7) is 0. The molecule has 0 saturated heterocycles. The molecule has 80 valence electrons. The van der Waals surface area contributed by atoms with Crippen molar-refractivity contribution in [1.29, 1.82) is 5.41 Å². The van der Waals surface area contributed by atoms with Crippen LogP contribution in [0.5, 0.6) is 5.75 Å². The van der Waals surface area contributed by atoms with Crippen molar-refractivity contribution < 1.29 is 5.11 Å². The first-order chi connectivity index (χ1) is 7.08. The first kappa shape index (κ1) is 11.4. The van der Waals surface area contributed by atoms with E-state index in [-0.39, 0.29) is 16.9 Å². The smallest absolute Gasteiger partial charge is 0.193 e. The lowest BCUT2D eigenvalue weighted by Gasteiger charge is -2.00. The van der Waals surface area contributed by atoms with Gasteiger partial charge >= 0.3 is 0 Å². The predicted octanol–water partition coefficient (Wildman–Crippen LogP) is 0.834. The van der Waals surface area contributed by atoms with E-state index in [1.807, 2.05) is 0 Å². The molecule has 1 aromatic rings. The molecule has 6 heteroatoms. The third-order valence-corrected chi connectivity index (χ3v) is 2.38. The van der Waals surface area contributed by atoms with Gasteiger partial charge in [-0.1, -0.05) is 23.9 Å². The summed E-state index contributed by atoms with van der Waals surface area (Å²) in [5, 5.41) is 16.5. The van der Waals surface area contributed by atoms with Crippen molar-refractivity contribution in [1.82, 2.24) is 0 Å². The summed E-state index contributed by atoms with van der Waals surface area (Å²) < 4.78 is 0. The lowest BCUT2D eigenvalue weighted by atomic mass is 10.2. The Morgan fingerprint density at radius 1 is 1.33 bits per heavy atom. The van der Waals surface area contributed by atoms with E-state index in [9.17, 15) is 0 Å². The third kappa shape index (κ3) is 4.37. The zero-order valence-corrected chi connectivity index (χ0v) is 8.79. The molecular formula is C9H12N4OS. The highest BCUT2D eigenvalue weighted by Gasteiger charge is 1.98. The van der Waals surface area contributed by atoms with Crippen molar-refractivity contribution >= 4 is 22.9 Å². The number of aliphatic imine (C=N–C) groups is 1. The zero-order chi connectivity index (χ0) is 11.3. The van der Waals surface area contributed by atoms with E-state index in [4.69, 9.17) is 22.0 Å². The molecule has 5 nitrogen and oxygen atoms in total. The number of nitrogens with one attached hydrogen (secondary N) is 1. The summed E-state index contributed by atoms with van der Waals surface area (Å²) >= 11 is 1.22. The van der Waals surface area contributed by atoms with Crippen LogP contribution in [0, 0.1) is 5.41 Å². The fourth-order valence-electron chi connectivity index (χ4n) is 0.893. The Kier molecular flexibility index (Phi) is 3.99. The van der Waals surface area contributed by atoms with Gasteiger partial charge < -0.3 is 16.6 Å². The summed E-state index contributed by atoms with van der Waals surface area (Å²) in [6.07, 6.45) is 0. The monoisotopic (exact) mass is 224 g/mol. The van der Waals surface area contributed by atoms with Crippen LogP contribution >= 0.6 is 11.8 Å². The predicted molar refractivity (Wildman–Crippen MR) is 62.9 cm³/mol. The van der Waals surface area contributed by atoms with E-state index in [1.54, 1.807) is 24.3 Å². The van der Waals surface area contributed by atoms with Crippen molar-refractivity contribution in [2.24, 2.45) is 16.5 Å². The number of nitrogens with zero attached hydrogens (tertiary/aromatic N) is 1. The molecule has 0 amide bonds. The number of amidine groups is 1. The number of phenols is 1. The van der Waals surface area contributed by atoms with Crippen molar-refractivity contribution in [3.8, 4) is 5.75 Å². The van der Waals surface area contributed by atoms with Gasteiger partial charge in [-0.2, -0.15) is 4.99 Å². The maximum atomic E-state index is 9.05. The molecular weight excluding hydrogens is 212 g/mol. The van der Waals surface area contributed by atoms with Gasteiger partial charge in [0.05, 0.1) is 0 Å². The number of hydrogen-bond donors (Lipinski definition) is 4. The van der Waals surface area contributed by atoms with Gasteiger partial charge in [-0.15, -0.1) is 0 Å². The maximum absolute atomic E-state index is 9.05. The number of nitrogens with two attached hydrogens (primary N) is 2. The third-order valence-electron chi connectivity index (χ3n) is 1.54. The largest absolute Gasteiger partial charge is 0.508 e. The van der Waals surface area contributed by atoms with Gasteiger partial charge in [0.1, 0.15) is 5.75 Å². The highest BCUT2D eigenvalue weighted by atomic mass is 32.2. The standard InChI is InChI=1S/C9H12N4OS/c10-8(11)13-9(12)15-5-6-1-3-7(14)4-2-6/h1-4,14H,5H2,(H5,10,11,12,13). The molecule has 0 aliphatic carbocycles. The Bertz CT molecular complexity index is 370. The second-order valence-electron chi connectivity index (χ2n) is 2.80. The van der Waals surface area contributed by atoms with E-state index >= 15 is 0 Å². The fourth-order valence-corrected chi connectivity index (χ4v) is 1.56. The van der Waals surface area contributed by atoms with Gasteiger partial charge in [-0.05, 0) is 17.7 Å². The average Bonchev–Trinajstić information content (AvgIpc) is 2.16. The Labute approximate surface area is 91.7 Å². The molecule has 0 radical (unpaired) electrons. The first-order valence-corrected chi connectivity index (χ1v) is 5.15. The summed E-state index contributed by atoms with van der Waals surface area (Å²) in [5.41, 5.74) is 11.2. The molecule has 6 N–H and O–H groups in total. The van der Waals surface area contributed by atoms with Crippen LogP contribution in [0.4, 0.5) is 0 Å². The SMILES string of the molecule is N=C(N=C(N)N)SCc1ccc(O)cc1. The molecule has 0 saturated carbocycles. The summed E-state index contributed by atoms with van der Waals surface area (Å²) in [7, 11) is 0. The van der Waals surface area contributed by atoms with Crippen molar-refractivity contribution in [3.05, 3.63) is 29.8 Å². The zero-order valence-electron chi connectivity index (χ0n) is 7.97. The number of rotatable bonds is 2. The minimum Gasteiger partial charge on any atom is -0.508 e. The summed E-state index contributed by atoms with van der Waals surface area (Å²) in [6, 6.07) is 6.76. The average molecular weight is 224 g/mol. The quantitative estimate of drug-likeness (QED) is 0.440. The second kappa shape index (κ2) is 5.26. The van der Waals surface area contributed by atoms with Crippen LogP contribution in [0.3, 0.4) is 0 Å². The van der Waals surface area contributed by atoms with Gasteiger partial charge in [0, 0.05) is 5.75 Å². The van der Waals surface area contributed by atoms with Gasteiger partial charge in [0.2, 0.25) is 0 Å². The molecule has 0 atom stereocenters. The fraction of sp³-hybridized carbons (Fsp3) is 0.111. The van der Waals surface area contributed by atoms with Crippen LogP contribution in [-0.4, -0.2) is 16.2 Å². The maximum Gasteiger partial charge on any atom is 0.193 e. The molecule has 0 aliphatic rings. The highest BCUT2D eigenvalue weighted by Crippen LogP contribution is 2.16. The van der Waals surface area contributed by atoms with Crippen LogP contribution < -0.4 is 11.5 Å². The topological polar surface area (TPSA) is 108 Å². The van der Waals surface area contributed by atoms with E-state index < -0.39 is 0 Å². The van der Waals surface area contributed by atoms with Crippen molar-refractivity contribution in [3.63, 3.8) is 0 Å². The highest BCUT2D eigenvalue weighted by molar-refractivity contribution is 8.13. The first-order valence-electron chi connectivity index (χ1n) is 4.17. The van der Waals surface area contributed by atoms with Crippen LogP contribution in [0.25, 0.3) is 0 Å². The van der Waals surface area contributed by atoms with Crippen LogP contribution in [0.2, 0.25) is 0 Å². The normalized spacial score (nSPS) is 9.60. The molecule has 0 aliphatic heterocycles. The summed E-state index contributed by atoms with van der Waals surface area (Å²) in [5.74, 6) is 0.705. The Balaban J connectivity index is 2.47. The number of guanidine groups is 1. The van der Waals surface area contributed by atoms with E-state index in [0.717, 1.165) is 5.56 Å². The van der Waals surface area contributed by atoms with E-state index in [2.05, 4.69) is 4.99 Å². The van der Waals surface area contributed by atoms with Gasteiger partial charge in [0.25, 0.3) is 0 Å². The van der Waals surface area contributed by atoms with Gasteiger partial charge in [-0.3, -0.25) is 5.41 Å². The Morgan fingerprint density at radius 2 is 1.93 bits per heavy atom. The van der Waals surface area contributed by atoms with Crippen molar-refractivity contribution in [2.45, 2.75) is 5.75 Å². The lowest BCUT2D eigenvalue weighted by Crippen LogP contribution is -2.23. The Morgan fingerprint density at radius 3 is 2.47 bits per heavy atom. The minimum absolute atomic E-state index is 0.0723. The molecule has 15 heavy (non-hydrogen) atoms. The number of thioether (sulfide) groups is 1. The molecule has 1 rings (SSSR count). The molecule has 0 spiro atoms. The van der Waals surface area contributed by atoms with E-state index in [1.165, 1.54) is 11.8 Å². The number of benzene rings is 1.